The minimum absolute atomic E-state index is 0.0790. The van der Waals surface area contributed by atoms with E-state index in [0.29, 0.717) is 32.1 Å². The highest BCUT2D eigenvalue weighted by atomic mass is 16.5. The summed E-state index contributed by atoms with van der Waals surface area (Å²) in [7, 11) is 0. The minimum atomic E-state index is -0.213. The predicted molar refractivity (Wildman–Crippen MR) is 90.3 cm³/mol. The Morgan fingerprint density at radius 2 is 2.20 bits per heavy atom. The van der Waals surface area contributed by atoms with Crippen molar-refractivity contribution in [2.24, 2.45) is 11.3 Å². The average molecular weight is 342 g/mol. The van der Waals surface area contributed by atoms with Gasteiger partial charge in [0.2, 0.25) is 0 Å². The Bertz CT molecular complexity index is 784. The molecule has 1 amide bonds. The van der Waals surface area contributed by atoms with Crippen LogP contribution in [0.25, 0.3) is 0 Å². The first-order valence-corrected chi connectivity index (χ1v) is 8.55. The first-order chi connectivity index (χ1) is 12.0. The number of benzene rings is 1. The van der Waals surface area contributed by atoms with Gasteiger partial charge in [-0.25, -0.2) is 0 Å². The maximum Gasteiger partial charge on any atom is 0.273 e. The number of rotatable bonds is 4. The molecule has 7 nitrogen and oxygen atoms in total. The van der Waals surface area contributed by atoms with Crippen molar-refractivity contribution in [3.63, 3.8) is 0 Å². The van der Waals surface area contributed by atoms with Gasteiger partial charge in [-0.05, 0) is 6.07 Å². The molecule has 0 radical (unpaired) electrons. The van der Waals surface area contributed by atoms with Crippen LogP contribution in [0.15, 0.2) is 30.5 Å². The van der Waals surface area contributed by atoms with E-state index in [1.54, 1.807) is 10.9 Å². The van der Waals surface area contributed by atoms with Gasteiger partial charge in [0.25, 0.3) is 5.91 Å². The lowest BCUT2D eigenvalue weighted by Gasteiger charge is -2.37. The van der Waals surface area contributed by atoms with Gasteiger partial charge in [0.05, 0.1) is 38.6 Å². The summed E-state index contributed by atoms with van der Waals surface area (Å²) in [6, 6.07) is 7.71. The Morgan fingerprint density at radius 1 is 1.40 bits per heavy atom. The fourth-order valence-corrected chi connectivity index (χ4v) is 3.34. The van der Waals surface area contributed by atoms with Crippen molar-refractivity contribution < 1.29 is 14.3 Å². The number of carbonyl (C=O) groups is 1. The summed E-state index contributed by atoms with van der Waals surface area (Å²) >= 11 is 0. The summed E-state index contributed by atoms with van der Waals surface area (Å²) in [6.07, 6.45) is 1.70. The SMILES string of the molecule is CC1COc2ccccc2C1NC(=O)c1cn(CC2(C)COC2)nn1. The van der Waals surface area contributed by atoms with Crippen molar-refractivity contribution in [3.8, 4) is 5.75 Å². The van der Waals surface area contributed by atoms with E-state index in [9.17, 15) is 4.79 Å². The fourth-order valence-electron chi connectivity index (χ4n) is 3.34. The summed E-state index contributed by atoms with van der Waals surface area (Å²) in [4.78, 5) is 12.6. The summed E-state index contributed by atoms with van der Waals surface area (Å²) in [5.41, 5.74) is 1.41. The van der Waals surface area contributed by atoms with Crippen molar-refractivity contribution in [1.29, 1.82) is 0 Å². The quantitative estimate of drug-likeness (QED) is 0.917. The number of nitrogens with one attached hydrogen (secondary N) is 1. The lowest BCUT2D eigenvalue weighted by molar-refractivity contribution is -0.111. The van der Waals surface area contributed by atoms with Crippen LogP contribution in [0.5, 0.6) is 5.75 Å². The Labute approximate surface area is 146 Å². The van der Waals surface area contributed by atoms with Gasteiger partial charge in [-0.3, -0.25) is 9.48 Å². The van der Waals surface area contributed by atoms with Crippen molar-refractivity contribution in [2.75, 3.05) is 19.8 Å². The van der Waals surface area contributed by atoms with Crippen molar-refractivity contribution >= 4 is 5.91 Å². The molecule has 2 aliphatic rings. The van der Waals surface area contributed by atoms with E-state index in [-0.39, 0.29) is 23.3 Å². The molecule has 25 heavy (non-hydrogen) atoms. The summed E-state index contributed by atoms with van der Waals surface area (Å²) in [5.74, 6) is 0.794. The van der Waals surface area contributed by atoms with Gasteiger partial charge in [-0.1, -0.05) is 37.3 Å². The Kier molecular flexibility index (Phi) is 3.95. The Hall–Kier alpha value is -2.41. The van der Waals surface area contributed by atoms with Crippen LogP contribution in [0.2, 0.25) is 0 Å². The highest BCUT2D eigenvalue weighted by molar-refractivity contribution is 5.92. The second kappa shape index (κ2) is 6.15. The van der Waals surface area contributed by atoms with Gasteiger partial charge < -0.3 is 14.8 Å². The number of aromatic nitrogens is 3. The molecule has 0 saturated carbocycles. The van der Waals surface area contributed by atoms with E-state index in [1.807, 2.05) is 24.3 Å². The van der Waals surface area contributed by atoms with E-state index in [4.69, 9.17) is 9.47 Å². The molecule has 2 unspecified atom stereocenters. The highest BCUT2D eigenvalue weighted by Gasteiger charge is 2.34. The number of ether oxygens (including phenoxy) is 2. The van der Waals surface area contributed by atoms with Crippen LogP contribution in [-0.4, -0.2) is 40.7 Å². The predicted octanol–water partition coefficient (Wildman–Crippen LogP) is 1.81. The zero-order valence-electron chi connectivity index (χ0n) is 14.4. The normalized spacial score (nSPS) is 23.9. The molecule has 1 aromatic carbocycles. The van der Waals surface area contributed by atoms with E-state index in [1.165, 1.54) is 0 Å². The lowest BCUT2D eigenvalue weighted by Crippen LogP contribution is -2.43. The number of hydrogen-bond donors (Lipinski definition) is 1. The van der Waals surface area contributed by atoms with E-state index in [2.05, 4.69) is 29.5 Å². The van der Waals surface area contributed by atoms with Crippen LogP contribution in [0, 0.1) is 11.3 Å². The highest BCUT2D eigenvalue weighted by Crippen LogP contribution is 2.35. The molecule has 0 aliphatic carbocycles. The average Bonchev–Trinajstić information content (AvgIpc) is 3.04. The van der Waals surface area contributed by atoms with Gasteiger partial charge in [0.1, 0.15) is 5.75 Å². The third-order valence-corrected chi connectivity index (χ3v) is 4.83. The smallest absolute Gasteiger partial charge is 0.273 e. The third kappa shape index (κ3) is 3.11. The molecule has 132 valence electrons. The number of nitrogens with zero attached hydrogens (tertiary/aromatic N) is 3. The van der Waals surface area contributed by atoms with Crippen molar-refractivity contribution in [2.45, 2.75) is 26.4 Å². The minimum Gasteiger partial charge on any atom is -0.493 e. The van der Waals surface area contributed by atoms with Crippen molar-refractivity contribution in [3.05, 3.63) is 41.7 Å². The maximum atomic E-state index is 12.6. The third-order valence-electron chi connectivity index (χ3n) is 4.83. The zero-order chi connectivity index (χ0) is 17.4. The largest absolute Gasteiger partial charge is 0.493 e. The van der Waals surface area contributed by atoms with Crippen LogP contribution < -0.4 is 10.1 Å². The standard InChI is InChI=1S/C18H22N4O3/c1-12-8-25-15-6-4-3-5-13(15)16(12)19-17(23)14-7-22(21-20-14)9-18(2)10-24-11-18/h3-7,12,16H,8-11H2,1-2H3,(H,19,23). The fraction of sp³-hybridized carbons (Fsp3) is 0.500. The van der Waals surface area contributed by atoms with Crippen LogP contribution in [0.4, 0.5) is 0 Å². The van der Waals surface area contributed by atoms with Crippen molar-refractivity contribution in [1.82, 2.24) is 20.3 Å². The zero-order valence-corrected chi connectivity index (χ0v) is 14.4. The molecule has 1 saturated heterocycles. The van der Waals surface area contributed by atoms with Gasteiger partial charge in [0, 0.05) is 16.9 Å². The molecule has 1 N–H and O–H groups in total. The van der Waals surface area contributed by atoms with Crippen LogP contribution in [-0.2, 0) is 11.3 Å². The van der Waals surface area contributed by atoms with Gasteiger partial charge >= 0.3 is 0 Å². The molecular weight excluding hydrogens is 320 g/mol. The summed E-state index contributed by atoms with van der Waals surface area (Å²) in [6.45, 7) is 6.90. The number of para-hydroxylation sites is 1. The van der Waals surface area contributed by atoms with Gasteiger partial charge in [-0.2, -0.15) is 0 Å². The molecule has 1 aromatic heterocycles. The van der Waals surface area contributed by atoms with E-state index >= 15 is 0 Å². The Morgan fingerprint density at radius 3 is 2.96 bits per heavy atom. The monoisotopic (exact) mass is 342 g/mol. The summed E-state index contributed by atoms with van der Waals surface area (Å²) < 4.78 is 12.7. The number of hydrogen-bond acceptors (Lipinski definition) is 5. The van der Waals surface area contributed by atoms with Crippen LogP contribution >= 0.6 is 0 Å². The summed E-state index contributed by atoms with van der Waals surface area (Å²) in [5, 5.41) is 11.2. The maximum absolute atomic E-state index is 12.6. The van der Waals surface area contributed by atoms with Crippen LogP contribution in [0.1, 0.15) is 35.9 Å². The van der Waals surface area contributed by atoms with Gasteiger partial charge in [0.15, 0.2) is 5.69 Å². The first kappa shape index (κ1) is 16.1. The number of fused-ring (bicyclic) bond motifs is 1. The molecule has 3 heterocycles. The van der Waals surface area contributed by atoms with E-state index in [0.717, 1.165) is 11.3 Å². The second-order valence-corrected chi connectivity index (χ2v) is 7.38. The number of carbonyl (C=O) groups excluding carboxylic acids is 1. The van der Waals surface area contributed by atoms with E-state index < -0.39 is 0 Å². The molecule has 0 spiro atoms. The topological polar surface area (TPSA) is 78.3 Å². The Balaban J connectivity index is 1.48. The number of amides is 1. The van der Waals surface area contributed by atoms with Gasteiger partial charge in [-0.15, -0.1) is 5.10 Å². The molecular formula is C18H22N4O3. The molecule has 2 aromatic rings. The second-order valence-electron chi connectivity index (χ2n) is 7.38. The molecule has 0 bridgehead atoms. The molecule has 2 atom stereocenters. The molecule has 7 heteroatoms. The van der Waals surface area contributed by atoms with Crippen LogP contribution in [0.3, 0.4) is 0 Å². The lowest BCUT2D eigenvalue weighted by atomic mass is 9.89. The molecule has 1 fully saturated rings. The first-order valence-electron chi connectivity index (χ1n) is 8.55. The molecule has 4 rings (SSSR count). The molecule has 2 aliphatic heterocycles.